The average Bonchev–Trinajstić information content (AvgIpc) is 1.61. The zero-order valence-corrected chi connectivity index (χ0v) is 53.8. The quantitative estimate of drug-likeness (QED) is 0.126. The van der Waals surface area contributed by atoms with E-state index in [9.17, 15) is 0 Å². The monoisotopic (exact) mass is 1120 g/mol. The fourth-order valence-electron chi connectivity index (χ4n) is 13.2. The topological polar surface area (TPSA) is 6.48 Å². The molecule has 12 rings (SSSR count). The van der Waals surface area contributed by atoms with Crippen molar-refractivity contribution in [1.29, 1.82) is 0 Å². The number of nitrogens with zero attached hydrogens (tertiary/aromatic N) is 2. The molecular weight excluding hydrogens is 1040 g/mol. The number of hydrogen-bond acceptors (Lipinski definition) is 2. The molecule has 2 aliphatic carbocycles. The summed E-state index contributed by atoms with van der Waals surface area (Å²) >= 11 is 0. The number of benzene rings is 10. The first kappa shape index (κ1) is 57.9. The molecule has 0 heterocycles. The predicted octanol–water partition coefficient (Wildman–Crippen LogP) is 23.9. The van der Waals surface area contributed by atoms with Gasteiger partial charge in [0.1, 0.15) is 0 Å². The van der Waals surface area contributed by atoms with Gasteiger partial charge in [0.05, 0.1) is 0 Å². The summed E-state index contributed by atoms with van der Waals surface area (Å²) in [5.74, 6) is 0. The third-order valence-electron chi connectivity index (χ3n) is 18.7. The molecule has 10 aromatic rings. The van der Waals surface area contributed by atoms with Gasteiger partial charge in [-0.3, -0.25) is 0 Å². The molecule has 0 saturated carbocycles. The minimum absolute atomic E-state index is 0.0772. The second kappa shape index (κ2) is 21.2. The lowest BCUT2D eigenvalue weighted by molar-refractivity contribution is 0.590. The summed E-state index contributed by atoms with van der Waals surface area (Å²) in [6.07, 6.45) is 9.07. The Balaban J connectivity index is 0.758. The second-order valence-corrected chi connectivity index (χ2v) is 29.7. The third kappa shape index (κ3) is 11.0. The lowest BCUT2D eigenvalue weighted by atomic mass is 9.81. The van der Waals surface area contributed by atoms with Gasteiger partial charge in [0.25, 0.3) is 0 Å². The average molecular weight is 1120 g/mol. The van der Waals surface area contributed by atoms with Crippen molar-refractivity contribution in [2.45, 2.75) is 143 Å². The Kier molecular flexibility index (Phi) is 14.3. The minimum atomic E-state index is -0.186. The Labute approximate surface area is 514 Å². The Hall–Kier alpha value is -8.46. The van der Waals surface area contributed by atoms with Crippen molar-refractivity contribution in [3.8, 4) is 22.3 Å². The van der Waals surface area contributed by atoms with Crippen LogP contribution < -0.4 is 9.80 Å². The normalized spacial score (nSPS) is 14.4. The maximum absolute atomic E-state index is 2.44. The summed E-state index contributed by atoms with van der Waals surface area (Å²) in [5, 5.41) is 2.46. The first-order chi connectivity index (χ1) is 40.6. The van der Waals surface area contributed by atoms with E-state index < -0.39 is 0 Å². The van der Waals surface area contributed by atoms with Gasteiger partial charge in [-0.05, 0) is 206 Å². The molecule has 0 atom stereocenters. The molecule has 0 radical (unpaired) electrons. The minimum Gasteiger partial charge on any atom is -0.310 e. The summed E-state index contributed by atoms with van der Waals surface area (Å²) in [6, 6.07) is 78.5. The molecule has 2 heteroatoms. The molecule has 0 fully saturated rings. The first-order valence-electron chi connectivity index (χ1n) is 31.1. The Bertz CT molecular complexity index is 3870. The van der Waals surface area contributed by atoms with E-state index in [0.29, 0.717) is 0 Å². The summed E-state index contributed by atoms with van der Waals surface area (Å²) in [5.41, 5.74) is 27.7. The van der Waals surface area contributed by atoms with Crippen LogP contribution in [0.1, 0.15) is 178 Å². The smallest absolute Gasteiger partial charge is 0.0465 e. The molecule has 0 bridgehead atoms. The van der Waals surface area contributed by atoms with Gasteiger partial charge in [0, 0.05) is 45.0 Å². The molecule has 2 aliphatic rings. The summed E-state index contributed by atoms with van der Waals surface area (Å²) < 4.78 is 0. The summed E-state index contributed by atoms with van der Waals surface area (Å²) in [4.78, 5) is 4.85. The van der Waals surface area contributed by atoms with Gasteiger partial charge in [0.15, 0.2) is 0 Å². The van der Waals surface area contributed by atoms with Gasteiger partial charge >= 0.3 is 0 Å². The van der Waals surface area contributed by atoms with Crippen molar-refractivity contribution < 1.29 is 0 Å². The SMILES string of the molecule is CC(C)(C)c1ccc(N(c2ccc(C(C)(C)C)cc2)c2ccc3c(c2)C(C)(C)c2cc(/C=C/c4ccc5cc(/C=C/c6ccc7c(c6)C(C)(C)c6cc(N(c8ccc(C(C)(C)C)cc8)c8ccc(C(C)(C)C)cc8)ccc6-7)ccc5c4)ccc2-3)cc1. The van der Waals surface area contributed by atoms with Crippen LogP contribution in [0.4, 0.5) is 34.1 Å². The van der Waals surface area contributed by atoms with Crippen LogP contribution in [0, 0.1) is 0 Å². The van der Waals surface area contributed by atoms with Crippen molar-refractivity contribution >= 4 is 69.2 Å². The van der Waals surface area contributed by atoms with Crippen molar-refractivity contribution in [3.05, 3.63) is 273 Å². The summed E-state index contributed by atoms with van der Waals surface area (Å²) in [7, 11) is 0. The van der Waals surface area contributed by atoms with Crippen LogP contribution in [-0.2, 0) is 32.5 Å². The standard InChI is InChI=1S/C84H86N2/c1-79(2,3)61-27-35-65(36-28-61)85(66-37-29-62(30-38-66)80(4,5)6)69-43-47-73-71-45-23-57(51-75(71)83(13,14)77(73)53-69)19-17-55-21-25-60-50-56(22-26-59(60)49-55)18-20-58-24-46-72-74-48-44-70(54-78(74)84(15,16)76(72)52-58)86(67-39-31-63(32-40-67)81(7,8)9)68-41-33-64(34-42-68)82(10,11)12/h17-54H,1-16H3/b19-17+,20-18+. The van der Waals surface area contributed by atoms with Crippen LogP contribution in [-0.4, -0.2) is 0 Å². The Morgan fingerprint density at radius 3 is 0.733 bits per heavy atom. The van der Waals surface area contributed by atoms with Crippen molar-refractivity contribution in [2.24, 2.45) is 0 Å². The lowest BCUT2D eigenvalue weighted by Crippen LogP contribution is -2.17. The lowest BCUT2D eigenvalue weighted by Gasteiger charge is -2.29. The van der Waals surface area contributed by atoms with Crippen molar-refractivity contribution in [2.75, 3.05) is 9.80 Å². The highest BCUT2D eigenvalue weighted by molar-refractivity contribution is 5.92. The van der Waals surface area contributed by atoms with Crippen LogP contribution in [0.3, 0.4) is 0 Å². The second-order valence-electron chi connectivity index (χ2n) is 29.7. The maximum atomic E-state index is 2.44. The highest BCUT2D eigenvalue weighted by atomic mass is 15.1. The van der Waals surface area contributed by atoms with Crippen molar-refractivity contribution in [1.82, 2.24) is 0 Å². The van der Waals surface area contributed by atoms with Gasteiger partial charge in [0.2, 0.25) is 0 Å². The highest BCUT2D eigenvalue weighted by Crippen LogP contribution is 2.53. The summed E-state index contributed by atoms with van der Waals surface area (Å²) in [6.45, 7) is 36.9. The predicted molar refractivity (Wildman–Crippen MR) is 374 cm³/mol. The van der Waals surface area contributed by atoms with Crippen LogP contribution >= 0.6 is 0 Å². The van der Waals surface area contributed by atoms with E-state index in [0.717, 1.165) is 22.7 Å². The van der Waals surface area contributed by atoms with Crippen molar-refractivity contribution in [3.63, 3.8) is 0 Å². The zero-order valence-electron chi connectivity index (χ0n) is 53.8. The van der Waals surface area contributed by atoms with E-state index in [2.05, 4.69) is 351 Å². The maximum Gasteiger partial charge on any atom is 0.0465 e. The van der Waals surface area contributed by atoms with Gasteiger partial charge in [-0.1, -0.05) is 256 Å². The van der Waals surface area contributed by atoms with Gasteiger partial charge in [-0.2, -0.15) is 0 Å². The molecule has 0 amide bonds. The van der Waals surface area contributed by atoms with E-state index in [1.807, 2.05) is 0 Å². The Morgan fingerprint density at radius 1 is 0.244 bits per heavy atom. The molecule has 86 heavy (non-hydrogen) atoms. The molecule has 0 N–H and O–H groups in total. The van der Waals surface area contributed by atoms with E-state index in [4.69, 9.17) is 0 Å². The van der Waals surface area contributed by atoms with Gasteiger partial charge in [-0.15, -0.1) is 0 Å². The fourth-order valence-corrected chi connectivity index (χ4v) is 13.2. The molecular formula is C84H86N2. The Morgan fingerprint density at radius 2 is 0.465 bits per heavy atom. The van der Waals surface area contributed by atoms with Crippen LogP contribution in [0.25, 0.3) is 57.3 Å². The largest absolute Gasteiger partial charge is 0.310 e. The molecule has 432 valence electrons. The van der Waals surface area contributed by atoms with E-state index in [1.165, 1.54) is 111 Å². The molecule has 10 aromatic carbocycles. The first-order valence-corrected chi connectivity index (χ1v) is 31.1. The molecule has 0 aliphatic heterocycles. The fraction of sp³-hybridized carbons (Fsp3) is 0.262. The van der Waals surface area contributed by atoms with E-state index in [1.54, 1.807) is 0 Å². The zero-order chi connectivity index (χ0) is 60.9. The number of hydrogen-bond donors (Lipinski definition) is 0. The van der Waals surface area contributed by atoms with Crippen LogP contribution in [0.2, 0.25) is 0 Å². The van der Waals surface area contributed by atoms with Gasteiger partial charge in [-0.25, -0.2) is 0 Å². The molecule has 0 spiro atoms. The molecule has 0 unspecified atom stereocenters. The van der Waals surface area contributed by atoms with Gasteiger partial charge < -0.3 is 9.80 Å². The number of fused-ring (bicyclic) bond motifs is 7. The van der Waals surface area contributed by atoms with E-state index >= 15 is 0 Å². The molecule has 2 nitrogen and oxygen atoms in total. The third-order valence-corrected chi connectivity index (χ3v) is 18.7. The van der Waals surface area contributed by atoms with E-state index in [-0.39, 0.29) is 32.5 Å². The molecule has 0 saturated heterocycles. The van der Waals surface area contributed by atoms with Crippen LogP contribution in [0.5, 0.6) is 0 Å². The number of rotatable bonds is 10. The molecule has 0 aromatic heterocycles. The van der Waals surface area contributed by atoms with Crippen LogP contribution in [0.15, 0.2) is 206 Å². The number of anilines is 6. The highest BCUT2D eigenvalue weighted by Gasteiger charge is 2.38.